The van der Waals surface area contributed by atoms with Crippen LogP contribution < -0.4 is 5.32 Å². The van der Waals surface area contributed by atoms with Gasteiger partial charge in [0.15, 0.2) is 0 Å². The van der Waals surface area contributed by atoms with E-state index in [0.29, 0.717) is 10.0 Å². The first-order valence-corrected chi connectivity index (χ1v) is 6.28. The topological polar surface area (TPSA) is 29.1 Å². The van der Waals surface area contributed by atoms with Crippen molar-refractivity contribution in [1.29, 1.82) is 0 Å². The first-order chi connectivity index (χ1) is 8.95. The van der Waals surface area contributed by atoms with E-state index in [0.717, 1.165) is 23.8 Å². The Morgan fingerprint density at radius 2 is 1.74 bits per heavy atom. The summed E-state index contributed by atoms with van der Waals surface area (Å²) in [4.78, 5) is 12.0. The number of aryl methyl sites for hydroxylation is 1. The Balaban J connectivity index is 2.28. The molecule has 0 fully saturated rings. The van der Waals surface area contributed by atoms with Crippen molar-refractivity contribution >= 4 is 27.5 Å². The maximum absolute atomic E-state index is 13.0. The maximum Gasteiger partial charge on any atom is 0.256 e. The summed E-state index contributed by atoms with van der Waals surface area (Å²) in [6.45, 7) is 1.85. The van der Waals surface area contributed by atoms with Gasteiger partial charge >= 0.3 is 0 Å². The molecule has 2 aromatic carbocycles. The zero-order chi connectivity index (χ0) is 14.0. The SMILES string of the molecule is Cc1ccc(Br)c(C(=O)Nc2cc(F)cc(F)c2)c1. The molecule has 0 spiro atoms. The molecule has 0 aliphatic rings. The number of amides is 1. The van der Waals surface area contributed by atoms with Gasteiger partial charge in [-0.15, -0.1) is 0 Å². The number of nitrogens with one attached hydrogen (secondary N) is 1. The number of benzene rings is 2. The van der Waals surface area contributed by atoms with Crippen molar-refractivity contribution in [2.75, 3.05) is 5.32 Å². The maximum atomic E-state index is 13.0. The predicted molar refractivity (Wildman–Crippen MR) is 73.2 cm³/mol. The molecule has 0 aromatic heterocycles. The van der Waals surface area contributed by atoms with Crippen LogP contribution in [0.2, 0.25) is 0 Å². The number of hydrogen-bond acceptors (Lipinski definition) is 1. The minimum Gasteiger partial charge on any atom is -0.322 e. The predicted octanol–water partition coefficient (Wildman–Crippen LogP) is 4.29. The first kappa shape index (κ1) is 13.7. The highest BCUT2D eigenvalue weighted by Crippen LogP contribution is 2.20. The molecule has 19 heavy (non-hydrogen) atoms. The first-order valence-electron chi connectivity index (χ1n) is 5.49. The van der Waals surface area contributed by atoms with Crippen LogP contribution in [0.1, 0.15) is 15.9 Å². The van der Waals surface area contributed by atoms with Crippen LogP contribution >= 0.6 is 15.9 Å². The highest BCUT2D eigenvalue weighted by Gasteiger charge is 2.11. The number of carbonyl (C=O) groups is 1. The average molecular weight is 326 g/mol. The Morgan fingerprint density at radius 3 is 2.37 bits per heavy atom. The molecule has 0 unspecified atom stereocenters. The molecule has 2 nitrogen and oxygen atoms in total. The van der Waals surface area contributed by atoms with Crippen molar-refractivity contribution in [3.63, 3.8) is 0 Å². The molecule has 2 aromatic rings. The second-order valence-electron chi connectivity index (χ2n) is 4.10. The Bertz CT molecular complexity index is 623. The minimum atomic E-state index is -0.737. The van der Waals surface area contributed by atoms with Gasteiger partial charge in [0.1, 0.15) is 11.6 Å². The smallest absolute Gasteiger partial charge is 0.256 e. The van der Waals surface area contributed by atoms with E-state index in [-0.39, 0.29) is 5.69 Å². The zero-order valence-corrected chi connectivity index (χ0v) is 11.6. The molecule has 0 heterocycles. The number of hydrogen-bond donors (Lipinski definition) is 1. The van der Waals surface area contributed by atoms with Crippen molar-refractivity contribution < 1.29 is 13.6 Å². The summed E-state index contributed by atoms with van der Waals surface area (Å²) in [6, 6.07) is 8.15. The van der Waals surface area contributed by atoms with Gasteiger partial charge in [-0.1, -0.05) is 11.6 Å². The van der Waals surface area contributed by atoms with E-state index in [1.165, 1.54) is 0 Å². The molecule has 98 valence electrons. The van der Waals surface area contributed by atoms with E-state index in [4.69, 9.17) is 0 Å². The van der Waals surface area contributed by atoms with Gasteiger partial charge in [0.25, 0.3) is 5.91 Å². The molecule has 0 aliphatic carbocycles. The van der Waals surface area contributed by atoms with Gasteiger partial charge in [0.2, 0.25) is 0 Å². The molecule has 0 saturated carbocycles. The van der Waals surface area contributed by atoms with Crippen molar-refractivity contribution in [3.8, 4) is 0 Å². The molecule has 1 N–H and O–H groups in total. The number of anilines is 1. The average Bonchev–Trinajstić information content (AvgIpc) is 2.30. The molecule has 0 aliphatic heterocycles. The lowest BCUT2D eigenvalue weighted by atomic mass is 10.1. The summed E-state index contributed by atoms with van der Waals surface area (Å²) in [5, 5.41) is 2.46. The summed E-state index contributed by atoms with van der Waals surface area (Å²) in [5.41, 5.74) is 1.40. The Morgan fingerprint density at radius 1 is 1.11 bits per heavy atom. The van der Waals surface area contributed by atoms with Crippen LogP contribution in [0, 0.1) is 18.6 Å². The zero-order valence-electron chi connectivity index (χ0n) is 10.0. The summed E-state index contributed by atoms with van der Waals surface area (Å²) >= 11 is 3.26. The Hall–Kier alpha value is -1.75. The summed E-state index contributed by atoms with van der Waals surface area (Å²) < 4.78 is 26.7. The molecule has 0 bridgehead atoms. The number of carbonyl (C=O) groups excluding carboxylic acids is 1. The molecule has 0 radical (unpaired) electrons. The van der Waals surface area contributed by atoms with Gasteiger partial charge in [-0.25, -0.2) is 8.78 Å². The lowest BCUT2D eigenvalue weighted by molar-refractivity contribution is 0.102. The van der Waals surface area contributed by atoms with Crippen LogP contribution in [0.3, 0.4) is 0 Å². The third-order valence-corrected chi connectivity index (χ3v) is 3.18. The second-order valence-corrected chi connectivity index (χ2v) is 4.95. The second kappa shape index (κ2) is 5.48. The molecule has 5 heteroatoms. The Kier molecular flexibility index (Phi) is 3.95. The Labute approximate surface area is 117 Å². The molecular weight excluding hydrogens is 316 g/mol. The fourth-order valence-electron chi connectivity index (χ4n) is 1.64. The fourth-order valence-corrected chi connectivity index (χ4v) is 2.06. The fraction of sp³-hybridized carbons (Fsp3) is 0.0714. The molecule has 2 rings (SSSR count). The van der Waals surface area contributed by atoms with E-state index >= 15 is 0 Å². The van der Waals surface area contributed by atoms with Gasteiger partial charge in [0.05, 0.1) is 5.56 Å². The van der Waals surface area contributed by atoms with Crippen molar-refractivity contribution in [2.45, 2.75) is 6.92 Å². The lowest BCUT2D eigenvalue weighted by Crippen LogP contribution is -2.13. The number of rotatable bonds is 2. The standard InChI is InChI=1S/C14H10BrF2NO/c1-8-2-3-13(15)12(4-8)14(19)18-11-6-9(16)5-10(17)7-11/h2-7H,1H3,(H,18,19). The van der Waals surface area contributed by atoms with E-state index in [1.807, 2.05) is 13.0 Å². The van der Waals surface area contributed by atoms with Gasteiger partial charge in [-0.3, -0.25) is 4.79 Å². The molecule has 0 atom stereocenters. The summed E-state index contributed by atoms with van der Waals surface area (Å²) in [7, 11) is 0. The quantitative estimate of drug-likeness (QED) is 0.876. The van der Waals surface area contributed by atoms with Gasteiger partial charge in [0, 0.05) is 16.2 Å². The highest BCUT2D eigenvalue weighted by molar-refractivity contribution is 9.10. The lowest BCUT2D eigenvalue weighted by Gasteiger charge is -2.08. The van der Waals surface area contributed by atoms with Gasteiger partial charge in [-0.05, 0) is 47.1 Å². The molecular formula is C14H10BrF2NO. The van der Waals surface area contributed by atoms with Crippen LogP contribution in [0.15, 0.2) is 40.9 Å². The largest absolute Gasteiger partial charge is 0.322 e. The van der Waals surface area contributed by atoms with E-state index in [1.54, 1.807) is 12.1 Å². The monoisotopic (exact) mass is 325 g/mol. The van der Waals surface area contributed by atoms with E-state index in [9.17, 15) is 13.6 Å². The van der Waals surface area contributed by atoms with Crippen LogP contribution in [-0.4, -0.2) is 5.91 Å². The third kappa shape index (κ3) is 3.38. The summed E-state index contributed by atoms with van der Waals surface area (Å²) in [5.74, 6) is -1.90. The van der Waals surface area contributed by atoms with Crippen LogP contribution in [-0.2, 0) is 0 Å². The van der Waals surface area contributed by atoms with E-state index in [2.05, 4.69) is 21.2 Å². The number of halogens is 3. The normalized spacial score (nSPS) is 10.3. The van der Waals surface area contributed by atoms with Crippen LogP contribution in [0.5, 0.6) is 0 Å². The van der Waals surface area contributed by atoms with Crippen molar-refractivity contribution in [2.24, 2.45) is 0 Å². The van der Waals surface area contributed by atoms with Gasteiger partial charge in [-0.2, -0.15) is 0 Å². The van der Waals surface area contributed by atoms with E-state index < -0.39 is 17.5 Å². The highest BCUT2D eigenvalue weighted by atomic mass is 79.9. The molecule has 1 amide bonds. The summed E-state index contributed by atoms with van der Waals surface area (Å²) in [6.07, 6.45) is 0. The van der Waals surface area contributed by atoms with Gasteiger partial charge < -0.3 is 5.32 Å². The van der Waals surface area contributed by atoms with Crippen LogP contribution in [0.4, 0.5) is 14.5 Å². The van der Waals surface area contributed by atoms with Crippen molar-refractivity contribution in [3.05, 3.63) is 63.6 Å². The third-order valence-electron chi connectivity index (χ3n) is 2.49. The van der Waals surface area contributed by atoms with Crippen LogP contribution in [0.25, 0.3) is 0 Å². The van der Waals surface area contributed by atoms with Crippen molar-refractivity contribution in [1.82, 2.24) is 0 Å². The minimum absolute atomic E-state index is 0.0795. The molecule has 0 saturated heterocycles.